The number of halogens is 1. The maximum absolute atomic E-state index is 14.5. The molecule has 1 aliphatic carbocycles. The summed E-state index contributed by atoms with van der Waals surface area (Å²) in [6, 6.07) is 8.76. The van der Waals surface area contributed by atoms with E-state index in [0.717, 1.165) is 50.3 Å². The molecule has 1 fully saturated rings. The fourth-order valence-corrected chi connectivity index (χ4v) is 3.44. The van der Waals surface area contributed by atoms with Gasteiger partial charge in [0, 0.05) is 11.6 Å². The summed E-state index contributed by atoms with van der Waals surface area (Å²) in [4.78, 5) is 47.8. The molecule has 0 saturated heterocycles. The first-order valence-corrected chi connectivity index (χ1v) is 11.3. The fourth-order valence-electron chi connectivity index (χ4n) is 3.44. The van der Waals surface area contributed by atoms with Gasteiger partial charge in [-0.1, -0.05) is 19.6 Å². The van der Waals surface area contributed by atoms with E-state index >= 15 is 0 Å². The molecule has 0 aliphatic heterocycles. The van der Waals surface area contributed by atoms with Gasteiger partial charge in [0.1, 0.15) is 17.6 Å². The summed E-state index contributed by atoms with van der Waals surface area (Å²) in [5.74, 6) is -4.15. The van der Waals surface area contributed by atoms with E-state index in [1.807, 2.05) is 0 Å². The van der Waals surface area contributed by atoms with Crippen LogP contribution >= 0.6 is 0 Å². The molecule has 188 valence electrons. The lowest BCUT2D eigenvalue weighted by molar-refractivity contribution is -0.150. The Kier molecular flexibility index (Phi) is 9.10. The molecule has 36 heavy (non-hydrogen) atoms. The van der Waals surface area contributed by atoms with Gasteiger partial charge in [0.25, 0.3) is 0 Å². The summed E-state index contributed by atoms with van der Waals surface area (Å²) in [7, 11) is 0. The second-order valence-corrected chi connectivity index (χ2v) is 8.05. The Morgan fingerprint density at radius 3 is 2.17 bits per heavy atom. The first kappa shape index (κ1) is 26.3. The molecule has 0 radical (unpaired) electrons. The molecule has 0 unspecified atom stereocenters. The van der Waals surface area contributed by atoms with Crippen LogP contribution in [0, 0.1) is 5.82 Å². The van der Waals surface area contributed by atoms with Crippen molar-refractivity contribution in [1.29, 1.82) is 0 Å². The third-order valence-corrected chi connectivity index (χ3v) is 5.29. The van der Waals surface area contributed by atoms with Crippen molar-refractivity contribution in [3.8, 4) is 17.2 Å². The van der Waals surface area contributed by atoms with E-state index in [9.17, 15) is 23.6 Å². The van der Waals surface area contributed by atoms with E-state index in [0.29, 0.717) is 0 Å². The van der Waals surface area contributed by atoms with E-state index in [4.69, 9.17) is 18.9 Å². The summed E-state index contributed by atoms with van der Waals surface area (Å²) in [6.45, 7) is 6.82. The summed E-state index contributed by atoms with van der Waals surface area (Å²) in [5, 5.41) is 0. The van der Waals surface area contributed by atoms with Crippen LogP contribution in [0.25, 0.3) is 0 Å². The highest BCUT2D eigenvalue weighted by molar-refractivity contribution is 5.95. The smallest absolute Gasteiger partial charge is 0.343 e. The number of carbonyl (C=O) groups is 4. The highest BCUT2D eigenvalue weighted by Gasteiger charge is 2.22. The van der Waals surface area contributed by atoms with E-state index in [1.165, 1.54) is 30.3 Å². The van der Waals surface area contributed by atoms with Crippen LogP contribution in [0.2, 0.25) is 0 Å². The molecule has 0 atom stereocenters. The molecule has 9 heteroatoms. The summed E-state index contributed by atoms with van der Waals surface area (Å²) >= 11 is 0. The predicted molar refractivity (Wildman–Crippen MR) is 126 cm³/mol. The van der Waals surface area contributed by atoms with Gasteiger partial charge in [0.15, 0.2) is 11.6 Å². The molecule has 0 spiro atoms. The number of carbonyl (C=O) groups excluding carboxylic acids is 4. The maximum Gasteiger partial charge on any atom is 0.343 e. The van der Waals surface area contributed by atoms with Gasteiger partial charge >= 0.3 is 23.9 Å². The summed E-state index contributed by atoms with van der Waals surface area (Å²) in [6.07, 6.45) is 5.15. The van der Waals surface area contributed by atoms with Crippen molar-refractivity contribution in [3.63, 3.8) is 0 Å². The minimum absolute atomic E-state index is 0.130. The van der Waals surface area contributed by atoms with Gasteiger partial charge in [-0.15, -0.1) is 0 Å². The third kappa shape index (κ3) is 7.63. The zero-order valence-electron chi connectivity index (χ0n) is 19.5. The molecule has 1 saturated carbocycles. The van der Waals surface area contributed by atoms with E-state index < -0.39 is 35.4 Å². The second kappa shape index (κ2) is 12.4. The van der Waals surface area contributed by atoms with Crippen molar-refractivity contribution in [2.75, 3.05) is 0 Å². The van der Waals surface area contributed by atoms with Crippen molar-refractivity contribution < 1.29 is 42.5 Å². The van der Waals surface area contributed by atoms with Gasteiger partial charge in [-0.05, 0) is 68.1 Å². The Morgan fingerprint density at radius 1 is 0.917 bits per heavy atom. The van der Waals surface area contributed by atoms with Crippen LogP contribution in [0.4, 0.5) is 4.39 Å². The Hall–Kier alpha value is -4.27. The number of rotatable bonds is 9. The first-order chi connectivity index (χ1) is 17.2. The Bertz CT molecular complexity index is 1160. The van der Waals surface area contributed by atoms with Crippen molar-refractivity contribution in [3.05, 3.63) is 78.7 Å². The van der Waals surface area contributed by atoms with Gasteiger partial charge in [-0.3, -0.25) is 4.79 Å². The Morgan fingerprint density at radius 2 is 1.56 bits per heavy atom. The average molecular weight is 496 g/mol. The molecular weight excluding hydrogens is 471 g/mol. The molecule has 0 bridgehead atoms. The normalized spacial score (nSPS) is 13.2. The molecule has 1 aliphatic rings. The minimum Gasteiger partial charge on any atom is -0.462 e. The average Bonchev–Trinajstić information content (AvgIpc) is 2.86. The number of esters is 4. The molecule has 2 aromatic rings. The quantitative estimate of drug-likeness (QED) is 0.275. The lowest BCUT2D eigenvalue weighted by Crippen LogP contribution is -2.22. The molecular formula is C27H25FO8. The van der Waals surface area contributed by atoms with Gasteiger partial charge < -0.3 is 18.9 Å². The lowest BCUT2D eigenvalue weighted by atomic mass is 9.98. The molecule has 0 aromatic heterocycles. The summed E-state index contributed by atoms with van der Waals surface area (Å²) < 4.78 is 34.9. The zero-order chi connectivity index (χ0) is 26.1. The molecule has 0 amide bonds. The van der Waals surface area contributed by atoms with Gasteiger partial charge in [0.05, 0.1) is 12.0 Å². The van der Waals surface area contributed by atoms with Crippen molar-refractivity contribution in [2.24, 2.45) is 0 Å². The second-order valence-electron chi connectivity index (χ2n) is 8.05. The van der Waals surface area contributed by atoms with Gasteiger partial charge in [-0.2, -0.15) is 0 Å². The third-order valence-electron chi connectivity index (χ3n) is 5.29. The Labute approximate surface area is 207 Å². The lowest BCUT2D eigenvalue weighted by Gasteiger charge is -2.21. The van der Waals surface area contributed by atoms with Crippen LogP contribution in [0.15, 0.2) is 67.3 Å². The van der Waals surface area contributed by atoms with Gasteiger partial charge in [-0.25, -0.2) is 18.8 Å². The molecule has 0 heterocycles. The highest BCUT2D eigenvalue weighted by atomic mass is 19.1. The van der Waals surface area contributed by atoms with E-state index in [-0.39, 0.29) is 35.2 Å². The van der Waals surface area contributed by atoms with E-state index in [2.05, 4.69) is 13.2 Å². The Balaban J connectivity index is 1.53. The topological polar surface area (TPSA) is 105 Å². The zero-order valence-corrected chi connectivity index (χ0v) is 19.5. The fraction of sp³-hybridized carbons (Fsp3) is 0.259. The number of hydrogen-bond acceptors (Lipinski definition) is 8. The molecule has 8 nitrogen and oxygen atoms in total. The predicted octanol–water partition coefficient (Wildman–Crippen LogP) is 4.86. The van der Waals surface area contributed by atoms with Crippen molar-refractivity contribution in [1.82, 2.24) is 0 Å². The van der Waals surface area contributed by atoms with Crippen LogP contribution in [0.3, 0.4) is 0 Å². The first-order valence-electron chi connectivity index (χ1n) is 11.3. The standard InChI is InChI=1S/C27H25FO8/c1-3-24(29)33-20-10-12-21(13-11-20)35-27(32)18-9-14-23(22(28)16-18)36-26(31)17(2)15-25(30)34-19-7-5-4-6-8-19/h3,9-14,16,19H,1-2,4-8,15H2. The SMILES string of the molecule is C=CC(=O)Oc1ccc(OC(=O)c2ccc(OC(=O)C(=C)CC(=O)OC3CCCCC3)c(F)c2)cc1. The monoisotopic (exact) mass is 496 g/mol. The highest BCUT2D eigenvalue weighted by Crippen LogP contribution is 2.24. The number of ether oxygens (including phenoxy) is 4. The molecule has 3 rings (SSSR count). The number of hydrogen-bond donors (Lipinski definition) is 0. The van der Waals surface area contributed by atoms with Crippen LogP contribution in [0.5, 0.6) is 17.2 Å². The van der Waals surface area contributed by atoms with Crippen LogP contribution in [-0.4, -0.2) is 30.0 Å². The molecule has 0 N–H and O–H groups in total. The van der Waals surface area contributed by atoms with Crippen molar-refractivity contribution in [2.45, 2.75) is 44.6 Å². The largest absolute Gasteiger partial charge is 0.462 e. The van der Waals surface area contributed by atoms with Gasteiger partial charge in [0.2, 0.25) is 0 Å². The van der Waals surface area contributed by atoms with Crippen LogP contribution < -0.4 is 14.2 Å². The molecule has 2 aromatic carbocycles. The summed E-state index contributed by atoms with van der Waals surface area (Å²) in [5.41, 5.74) is -0.315. The van der Waals surface area contributed by atoms with Crippen LogP contribution in [-0.2, 0) is 19.1 Å². The van der Waals surface area contributed by atoms with Crippen molar-refractivity contribution >= 4 is 23.9 Å². The van der Waals surface area contributed by atoms with Crippen LogP contribution in [0.1, 0.15) is 48.9 Å². The number of benzene rings is 2. The van der Waals surface area contributed by atoms with E-state index in [1.54, 1.807) is 0 Å². The maximum atomic E-state index is 14.5. The minimum atomic E-state index is -0.984.